The second-order valence-electron chi connectivity index (χ2n) is 6.14. The Labute approximate surface area is 156 Å². The molecule has 0 aliphatic carbocycles. The minimum atomic E-state index is -0.360. The average molecular weight is 372 g/mol. The third kappa shape index (κ3) is 4.97. The molecule has 2 aromatic carbocycles. The number of anilines is 1. The summed E-state index contributed by atoms with van der Waals surface area (Å²) >= 11 is 0. The molecule has 1 atom stereocenters. The van der Waals surface area contributed by atoms with E-state index in [9.17, 15) is 14.0 Å². The van der Waals surface area contributed by atoms with Crippen LogP contribution in [0.1, 0.15) is 13.3 Å². The highest BCUT2D eigenvalue weighted by atomic mass is 19.1. The van der Waals surface area contributed by atoms with Crippen LogP contribution in [-0.4, -0.2) is 37.6 Å². The normalized spacial score (nSPS) is 16.3. The van der Waals surface area contributed by atoms with Crippen molar-refractivity contribution in [3.05, 3.63) is 54.3 Å². The number of amides is 2. The number of hydrogen-bond acceptors (Lipinski definition) is 4. The highest BCUT2D eigenvalue weighted by Crippen LogP contribution is 2.22. The smallest absolute Gasteiger partial charge is 0.258 e. The maximum atomic E-state index is 13.0. The first-order valence-corrected chi connectivity index (χ1v) is 8.76. The van der Waals surface area contributed by atoms with Crippen LogP contribution in [0.3, 0.4) is 0 Å². The van der Waals surface area contributed by atoms with E-state index in [4.69, 9.17) is 9.47 Å². The molecular weight excluding hydrogens is 351 g/mol. The van der Waals surface area contributed by atoms with Gasteiger partial charge in [0.05, 0.1) is 12.6 Å². The van der Waals surface area contributed by atoms with E-state index >= 15 is 0 Å². The Morgan fingerprint density at radius 3 is 2.37 bits per heavy atom. The Morgan fingerprint density at radius 1 is 1.11 bits per heavy atom. The number of benzene rings is 2. The van der Waals surface area contributed by atoms with Crippen molar-refractivity contribution in [3.63, 3.8) is 0 Å². The number of nitrogens with one attached hydrogen (secondary N) is 1. The van der Waals surface area contributed by atoms with Crippen molar-refractivity contribution in [2.75, 3.05) is 24.7 Å². The van der Waals surface area contributed by atoms with E-state index in [1.165, 1.54) is 17.0 Å². The number of rotatable bonds is 7. The van der Waals surface area contributed by atoms with Crippen LogP contribution in [0.2, 0.25) is 0 Å². The van der Waals surface area contributed by atoms with E-state index in [0.717, 1.165) is 5.75 Å². The van der Waals surface area contributed by atoms with E-state index in [1.54, 1.807) is 36.4 Å². The fourth-order valence-electron chi connectivity index (χ4n) is 2.89. The van der Waals surface area contributed by atoms with Crippen molar-refractivity contribution in [2.24, 2.45) is 0 Å². The standard InChI is InChI=1S/C20H21FN2O4/c1-2-26-17-7-9-18(10-8-17)27-13-19(24)22-15-11-20(25)23(12-15)16-5-3-14(21)4-6-16/h3-10,15H,2,11-13H2,1H3,(H,22,24). The van der Waals surface area contributed by atoms with Gasteiger partial charge in [0, 0.05) is 18.7 Å². The fraction of sp³-hybridized carbons (Fsp3) is 0.300. The lowest BCUT2D eigenvalue weighted by molar-refractivity contribution is -0.123. The molecule has 1 N–H and O–H groups in total. The molecule has 2 amide bonds. The number of carbonyl (C=O) groups excluding carboxylic acids is 2. The van der Waals surface area contributed by atoms with E-state index in [2.05, 4.69) is 5.32 Å². The van der Waals surface area contributed by atoms with Gasteiger partial charge < -0.3 is 19.7 Å². The van der Waals surface area contributed by atoms with Crippen molar-refractivity contribution in [1.82, 2.24) is 5.32 Å². The summed E-state index contributed by atoms with van der Waals surface area (Å²) in [4.78, 5) is 25.8. The Kier molecular flexibility index (Phi) is 5.90. The molecule has 0 aromatic heterocycles. The van der Waals surface area contributed by atoms with Crippen LogP contribution in [0, 0.1) is 5.82 Å². The number of nitrogens with zero attached hydrogens (tertiary/aromatic N) is 1. The lowest BCUT2D eigenvalue weighted by Gasteiger charge is -2.17. The van der Waals surface area contributed by atoms with Gasteiger partial charge >= 0.3 is 0 Å². The molecule has 6 nitrogen and oxygen atoms in total. The van der Waals surface area contributed by atoms with E-state index < -0.39 is 0 Å². The zero-order valence-electron chi connectivity index (χ0n) is 15.0. The maximum Gasteiger partial charge on any atom is 0.258 e. The van der Waals surface area contributed by atoms with Gasteiger partial charge in [-0.1, -0.05) is 0 Å². The molecule has 1 heterocycles. The average Bonchev–Trinajstić information content (AvgIpc) is 3.02. The first-order chi connectivity index (χ1) is 13.0. The minimum Gasteiger partial charge on any atom is -0.494 e. The van der Waals surface area contributed by atoms with Crippen LogP contribution in [0.15, 0.2) is 48.5 Å². The van der Waals surface area contributed by atoms with Gasteiger partial charge in [0.15, 0.2) is 6.61 Å². The van der Waals surface area contributed by atoms with Gasteiger partial charge in [-0.15, -0.1) is 0 Å². The van der Waals surface area contributed by atoms with E-state index in [0.29, 0.717) is 24.6 Å². The SMILES string of the molecule is CCOc1ccc(OCC(=O)NC2CC(=O)N(c3ccc(F)cc3)C2)cc1. The van der Waals surface area contributed by atoms with E-state index in [-0.39, 0.29) is 36.7 Å². The summed E-state index contributed by atoms with van der Waals surface area (Å²) in [6.45, 7) is 2.69. The van der Waals surface area contributed by atoms with Gasteiger partial charge in [0.2, 0.25) is 5.91 Å². The summed E-state index contributed by atoms with van der Waals surface area (Å²) in [6.07, 6.45) is 0.201. The van der Waals surface area contributed by atoms with Gasteiger partial charge in [-0.3, -0.25) is 9.59 Å². The summed E-state index contributed by atoms with van der Waals surface area (Å²) in [5, 5.41) is 2.80. The number of ether oxygens (including phenoxy) is 2. The van der Waals surface area contributed by atoms with Gasteiger partial charge in [-0.05, 0) is 55.5 Å². The monoisotopic (exact) mass is 372 g/mol. The Morgan fingerprint density at radius 2 is 1.74 bits per heavy atom. The van der Waals surface area contributed by atoms with Crippen LogP contribution in [0.25, 0.3) is 0 Å². The lowest BCUT2D eigenvalue weighted by Crippen LogP contribution is -2.39. The van der Waals surface area contributed by atoms with Crippen molar-refractivity contribution in [3.8, 4) is 11.5 Å². The molecule has 0 radical (unpaired) electrons. The largest absolute Gasteiger partial charge is 0.494 e. The topological polar surface area (TPSA) is 67.9 Å². The first-order valence-electron chi connectivity index (χ1n) is 8.76. The molecule has 0 spiro atoms. The van der Waals surface area contributed by atoms with Crippen LogP contribution in [0.4, 0.5) is 10.1 Å². The Bertz CT molecular complexity index is 793. The second-order valence-corrected chi connectivity index (χ2v) is 6.14. The molecule has 0 bridgehead atoms. The molecule has 3 rings (SSSR count). The Balaban J connectivity index is 1.48. The number of hydrogen-bond donors (Lipinski definition) is 1. The second kappa shape index (κ2) is 8.53. The number of halogens is 1. The van der Waals surface area contributed by atoms with E-state index in [1.807, 2.05) is 6.92 Å². The zero-order chi connectivity index (χ0) is 19.2. The van der Waals surface area contributed by atoms with Gasteiger partial charge in [-0.25, -0.2) is 4.39 Å². The number of carbonyl (C=O) groups is 2. The van der Waals surface area contributed by atoms with Crippen LogP contribution in [-0.2, 0) is 9.59 Å². The summed E-state index contributed by atoms with van der Waals surface area (Å²) in [5.41, 5.74) is 0.615. The predicted octanol–water partition coefficient (Wildman–Crippen LogP) is 2.52. The van der Waals surface area contributed by atoms with Crippen molar-refractivity contribution in [1.29, 1.82) is 0 Å². The van der Waals surface area contributed by atoms with Crippen LogP contribution < -0.4 is 19.7 Å². The third-order valence-corrected chi connectivity index (χ3v) is 4.13. The predicted molar refractivity (Wildman–Crippen MR) is 98.4 cm³/mol. The molecule has 1 saturated heterocycles. The van der Waals surface area contributed by atoms with Crippen molar-refractivity contribution >= 4 is 17.5 Å². The zero-order valence-corrected chi connectivity index (χ0v) is 15.0. The molecule has 0 saturated carbocycles. The van der Waals surface area contributed by atoms with Crippen LogP contribution in [0.5, 0.6) is 11.5 Å². The molecule has 27 heavy (non-hydrogen) atoms. The Hall–Kier alpha value is -3.09. The lowest BCUT2D eigenvalue weighted by atomic mass is 10.2. The van der Waals surface area contributed by atoms with Crippen LogP contribution >= 0.6 is 0 Å². The molecule has 1 fully saturated rings. The molecule has 142 valence electrons. The highest BCUT2D eigenvalue weighted by Gasteiger charge is 2.31. The van der Waals surface area contributed by atoms with Crippen molar-refractivity contribution < 1.29 is 23.5 Å². The molecule has 2 aromatic rings. The summed E-state index contributed by atoms with van der Waals surface area (Å²) in [7, 11) is 0. The minimum absolute atomic E-state index is 0.112. The van der Waals surface area contributed by atoms with Gasteiger partial charge in [0.25, 0.3) is 5.91 Å². The summed E-state index contributed by atoms with van der Waals surface area (Å²) in [6, 6.07) is 12.4. The molecule has 1 aliphatic heterocycles. The molecule has 1 unspecified atom stereocenters. The maximum absolute atomic E-state index is 13.0. The fourth-order valence-corrected chi connectivity index (χ4v) is 2.89. The summed E-state index contributed by atoms with van der Waals surface area (Å²) < 4.78 is 23.8. The van der Waals surface area contributed by atoms with Gasteiger partial charge in [-0.2, -0.15) is 0 Å². The third-order valence-electron chi connectivity index (χ3n) is 4.13. The highest BCUT2D eigenvalue weighted by molar-refractivity contribution is 5.96. The summed E-state index contributed by atoms with van der Waals surface area (Å²) in [5.74, 6) is 0.521. The quantitative estimate of drug-likeness (QED) is 0.811. The molecule has 7 heteroatoms. The van der Waals surface area contributed by atoms with Crippen molar-refractivity contribution in [2.45, 2.75) is 19.4 Å². The molecule has 1 aliphatic rings. The first kappa shape index (κ1) is 18.7. The van der Waals surface area contributed by atoms with Gasteiger partial charge in [0.1, 0.15) is 17.3 Å². The molecular formula is C20H21FN2O4.